The Kier molecular flexibility index (Phi) is 2.65. The Morgan fingerprint density at radius 1 is 1.46 bits per heavy atom. The van der Waals surface area contributed by atoms with Crippen LogP contribution in [-0.4, -0.2) is 13.5 Å². The van der Waals surface area contributed by atoms with Crippen molar-refractivity contribution in [2.45, 2.75) is 0 Å². The summed E-state index contributed by atoms with van der Waals surface area (Å²) in [5.74, 6) is -0.349. The van der Waals surface area contributed by atoms with Crippen LogP contribution in [0, 0.1) is 0 Å². The Balaban J connectivity index is 3.10. The van der Waals surface area contributed by atoms with Crippen LogP contribution in [0.2, 0.25) is 5.02 Å². The van der Waals surface area contributed by atoms with E-state index in [2.05, 4.69) is 0 Å². The normalized spacial score (nSPS) is 11.2. The van der Waals surface area contributed by atoms with Crippen molar-refractivity contribution in [1.82, 2.24) is 0 Å². The van der Waals surface area contributed by atoms with Crippen molar-refractivity contribution in [3.05, 3.63) is 23.2 Å². The molecule has 0 saturated carbocycles. The van der Waals surface area contributed by atoms with E-state index >= 15 is 0 Å². The number of benzene rings is 1. The first-order chi connectivity index (χ1) is 5.90. The van der Waals surface area contributed by atoms with Crippen molar-refractivity contribution in [2.24, 2.45) is 5.14 Å². The molecule has 0 radical (unpaired) electrons. The zero-order chi connectivity index (χ0) is 10.1. The number of hydrogen-bond donors (Lipinski definition) is 3. The molecule has 1 rings (SSSR count). The van der Waals surface area contributed by atoms with Crippen molar-refractivity contribution < 1.29 is 13.5 Å². The van der Waals surface area contributed by atoms with Gasteiger partial charge in [0, 0.05) is 0 Å². The van der Waals surface area contributed by atoms with Gasteiger partial charge in [-0.25, -0.2) is 5.14 Å². The fraction of sp³-hybridized carbons (Fsp3) is 0. The van der Waals surface area contributed by atoms with Gasteiger partial charge in [0.2, 0.25) is 0 Å². The maximum absolute atomic E-state index is 10.6. The molecule has 72 valence electrons. The van der Waals surface area contributed by atoms with Crippen LogP contribution in [0.1, 0.15) is 0 Å². The van der Waals surface area contributed by atoms with Gasteiger partial charge >= 0.3 is 0 Å². The summed E-state index contributed by atoms with van der Waals surface area (Å²) in [5, 5.41) is 14.0. The molecule has 1 aromatic carbocycles. The number of nitrogens with one attached hydrogen (secondary N) is 1. The summed E-state index contributed by atoms with van der Waals surface area (Å²) in [5.41, 5.74) is -0.0463. The summed E-state index contributed by atoms with van der Waals surface area (Å²) >= 11 is 5.52. The van der Waals surface area contributed by atoms with Crippen LogP contribution in [-0.2, 0) is 10.2 Å². The summed E-state index contributed by atoms with van der Waals surface area (Å²) in [6, 6.07) is 4.24. The molecule has 7 heteroatoms. The van der Waals surface area contributed by atoms with Gasteiger partial charge in [0.25, 0.3) is 10.2 Å². The average molecular weight is 223 g/mol. The molecule has 0 fully saturated rings. The van der Waals surface area contributed by atoms with E-state index in [0.717, 1.165) is 0 Å². The Bertz CT molecular complexity index is 418. The van der Waals surface area contributed by atoms with Crippen molar-refractivity contribution in [3.8, 4) is 5.75 Å². The van der Waals surface area contributed by atoms with Crippen molar-refractivity contribution in [2.75, 3.05) is 4.72 Å². The van der Waals surface area contributed by atoms with E-state index in [1.165, 1.54) is 18.2 Å². The standard InChI is InChI=1S/C6H7ClN2O3S/c7-4-2-1-3-5(6(4)10)9-13(8,11)12/h1-3,9-10H,(H2,8,11,12). The summed E-state index contributed by atoms with van der Waals surface area (Å²) in [6.07, 6.45) is 0. The third-order valence-corrected chi connectivity index (χ3v) is 2.05. The number of halogens is 1. The van der Waals surface area contributed by atoms with Crippen LogP contribution in [0.25, 0.3) is 0 Å². The third kappa shape index (κ3) is 2.76. The Morgan fingerprint density at radius 3 is 2.62 bits per heavy atom. The van der Waals surface area contributed by atoms with Crippen molar-refractivity contribution in [3.63, 3.8) is 0 Å². The van der Waals surface area contributed by atoms with Gasteiger partial charge in [-0.3, -0.25) is 4.72 Å². The predicted octanol–water partition coefficient (Wildman–Crippen LogP) is 0.661. The Labute approximate surface area is 80.3 Å². The van der Waals surface area contributed by atoms with Gasteiger partial charge in [0.05, 0.1) is 10.7 Å². The Morgan fingerprint density at radius 2 is 2.08 bits per heavy atom. The maximum Gasteiger partial charge on any atom is 0.296 e. The summed E-state index contributed by atoms with van der Waals surface area (Å²) in [7, 11) is -3.89. The molecule has 0 atom stereocenters. The zero-order valence-corrected chi connectivity index (χ0v) is 7.93. The minimum Gasteiger partial charge on any atom is -0.504 e. The first-order valence-electron chi connectivity index (χ1n) is 3.18. The molecule has 0 aliphatic heterocycles. The Hall–Kier alpha value is -0.980. The van der Waals surface area contributed by atoms with E-state index < -0.39 is 10.2 Å². The second-order valence-electron chi connectivity index (χ2n) is 2.28. The molecule has 0 aromatic heterocycles. The smallest absolute Gasteiger partial charge is 0.296 e. The number of para-hydroxylation sites is 1. The summed E-state index contributed by atoms with van der Waals surface area (Å²) < 4.78 is 23.1. The molecular weight excluding hydrogens is 216 g/mol. The zero-order valence-electron chi connectivity index (χ0n) is 6.36. The van der Waals surface area contributed by atoms with Crippen molar-refractivity contribution in [1.29, 1.82) is 0 Å². The van der Waals surface area contributed by atoms with Gasteiger partial charge in [-0.2, -0.15) is 8.42 Å². The number of aromatic hydroxyl groups is 1. The van der Waals surface area contributed by atoms with Gasteiger partial charge in [0.1, 0.15) is 0 Å². The van der Waals surface area contributed by atoms with Gasteiger partial charge in [-0.05, 0) is 12.1 Å². The SMILES string of the molecule is NS(=O)(=O)Nc1cccc(Cl)c1O. The van der Waals surface area contributed by atoms with Gasteiger partial charge in [0.15, 0.2) is 5.75 Å². The lowest BCUT2D eigenvalue weighted by Gasteiger charge is -2.06. The highest BCUT2D eigenvalue weighted by atomic mass is 35.5. The molecule has 0 aliphatic rings. The molecule has 13 heavy (non-hydrogen) atoms. The van der Waals surface area contributed by atoms with Crippen LogP contribution in [0.4, 0.5) is 5.69 Å². The molecule has 5 nitrogen and oxygen atoms in total. The largest absolute Gasteiger partial charge is 0.504 e. The fourth-order valence-electron chi connectivity index (χ4n) is 0.751. The molecule has 0 bridgehead atoms. The highest BCUT2D eigenvalue weighted by molar-refractivity contribution is 7.90. The van der Waals surface area contributed by atoms with Crippen molar-refractivity contribution >= 4 is 27.5 Å². The molecular formula is C6H7ClN2O3S. The third-order valence-electron chi connectivity index (χ3n) is 1.24. The lowest BCUT2D eigenvalue weighted by Crippen LogP contribution is -2.21. The van der Waals surface area contributed by atoms with E-state index in [1.54, 1.807) is 0 Å². The number of rotatable bonds is 2. The van der Waals surface area contributed by atoms with E-state index in [0.29, 0.717) is 0 Å². The summed E-state index contributed by atoms with van der Waals surface area (Å²) in [6.45, 7) is 0. The summed E-state index contributed by atoms with van der Waals surface area (Å²) in [4.78, 5) is 0. The predicted molar refractivity (Wildman–Crippen MR) is 49.8 cm³/mol. The van der Waals surface area contributed by atoms with Gasteiger partial charge in [-0.1, -0.05) is 17.7 Å². The lowest BCUT2D eigenvalue weighted by molar-refractivity contribution is 0.478. The van der Waals surface area contributed by atoms with Crippen LogP contribution in [0.3, 0.4) is 0 Å². The van der Waals surface area contributed by atoms with E-state index in [-0.39, 0.29) is 16.5 Å². The molecule has 1 aromatic rings. The van der Waals surface area contributed by atoms with E-state index in [9.17, 15) is 13.5 Å². The van der Waals surface area contributed by atoms with E-state index in [4.69, 9.17) is 16.7 Å². The average Bonchev–Trinajstić information content (AvgIpc) is 1.96. The molecule has 0 heterocycles. The van der Waals surface area contributed by atoms with Crippen LogP contribution in [0.15, 0.2) is 18.2 Å². The van der Waals surface area contributed by atoms with E-state index in [1.807, 2.05) is 4.72 Å². The van der Waals surface area contributed by atoms with Gasteiger partial charge in [-0.15, -0.1) is 0 Å². The molecule has 0 aliphatic carbocycles. The van der Waals surface area contributed by atoms with Gasteiger partial charge < -0.3 is 5.11 Å². The first-order valence-corrected chi connectivity index (χ1v) is 5.10. The molecule has 4 N–H and O–H groups in total. The second-order valence-corrected chi connectivity index (χ2v) is 3.98. The quantitative estimate of drug-likeness (QED) is 0.642. The molecule has 0 spiro atoms. The number of hydrogen-bond acceptors (Lipinski definition) is 3. The lowest BCUT2D eigenvalue weighted by atomic mass is 10.3. The van der Waals surface area contributed by atoms with Crippen LogP contribution < -0.4 is 9.86 Å². The highest BCUT2D eigenvalue weighted by Crippen LogP contribution is 2.31. The number of phenolic OH excluding ortho intramolecular Hbond substituents is 1. The minimum absolute atomic E-state index is 0.0463. The molecule has 0 saturated heterocycles. The number of nitrogens with two attached hydrogens (primary N) is 1. The first kappa shape index (κ1) is 10.1. The number of phenols is 1. The van der Waals surface area contributed by atoms with Crippen LogP contribution in [0.5, 0.6) is 5.75 Å². The molecule has 0 amide bonds. The topological polar surface area (TPSA) is 92.4 Å². The molecule has 0 unspecified atom stereocenters. The highest BCUT2D eigenvalue weighted by Gasteiger charge is 2.08. The number of anilines is 1. The minimum atomic E-state index is -3.89. The fourth-order valence-corrected chi connectivity index (χ4v) is 1.40. The maximum atomic E-state index is 10.6. The van der Waals surface area contributed by atoms with Crippen LogP contribution >= 0.6 is 11.6 Å². The second kappa shape index (κ2) is 3.41. The monoisotopic (exact) mass is 222 g/mol.